The molecule has 2 heterocycles. The molecule has 2 aliphatic carbocycles. The van der Waals surface area contributed by atoms with E-state index in [9.17, 15) is 14.7 Å². The standard InChI is InChI=1S/C21H34N2O3/c24-18-14-17(15-18)20(26)23-11-7-21(8-12-23)5-3-16(4-6-21)13-19(25)22-9-1-2-10-22/h16-18,24H,1-15H2. The van der Waals surface area contributed by atoms with Gasteiger partial charge < -0.3 is 14.9 Å². The second-order valence-corrected chi connectivity index (χ2v) is 9.38. The molecule has 1 N–H and O–H groups in total. The van der Waals surface area contributed by atoms with E-state index in [1.807, 2.05) is 4.90 Å². The second-order valence-electron chi connectivity index (χ2n) is 9.38. The zero-order valence-corrected chi connectivity index (χ0v) is 16.0. The number of aliphatic hydroxyl groups is 1. The largest absolute Gasteiger partial charge is 0.393 e. The van der Waals surface area contributed by atoms with Gasteiger partial charge in [0.1, 0.15) is 0 Å². The molecule has 2 saturated carbocycles. The SMILES string of the molecule is O=C(CC1CCC2(CC1)CCN(C(=O)C1CC(O)C1)CC2)N1CCCC1. The van der Waals surface area contributed by atoms with E-state index < -0.39 is 0 Å². The average molecular weight is 363 g/mol. The first-order valence-electron chi connectivity index (χ1n) is 10.8. The van der Waals surface area contributed by atoms with Crippen molar-refractivity contribution < 1.29 is 14.7 Å². The van der Waals surface area contributed by atoms with E-state index in [4.69, 9.17) is 0 Å². The molecule has 0 radical (unpaired) electrons. The Balaban J connectivity index is 1.21. The number of hydrogen-bond acceptors (Lipinski definition) is 3. The van der Waals surface area contributed by atoms with Crippen molar-refractivity contribution in [2.75, 3.05) is 26.2 Å². The molecule has 1 spiro atoms. The van der Waals surface area contributed by atoms with E-state index in [0.717, 1.165) is 45.4 Å². The van der Waals surface area contributed by atoms with Crippen molar-refractivity contribution in [3.05, 3.63) is 0 Å². The summed E-state index contributed by atoms with van der Waals surface area (Å²) in [5, 5.41) is 9.42. The number of nitrogens with zero attached hydrogens (tertiary/aromatic N) is 2. The van der Waals surface area contributed by atoms with Crippen molar-refractivity contribution in [2.24, 2.45) is 17.3 Å². The first-order valence-corrected chi connectivity index (χ1v) is 10.8. The third-order valence-electron chi connectivity index (χ3n) is 7.69. The first-order chi connectivity index (χ1) is 12.5. The monoisotopic (exact) mass is 362 g/mol. The van der Waals surface area contributed by atoms with Crippen LogP contribution in [-0.2, 0) is 9.59 Å². The van der Waals surface area contributed by atoms with Gasteiger partial charge in [0.05, 0.1) is 6.10 Å². The molecule has 146 valence electrons. The van der Waals surface area contributed by atoms with Gasteiger partial charge in [-0.1, -0.05) is 0 Å². The van der Waals surface area contributed by atoms with Gasteiger partial charge in [0.2, 0.25) is 11.8 Å². The fourth-order valence-electron chi connectivity index (χ4n) is 5.59. The Kier molecular flexibility index (Phi) is 5.27. The molecular formula is C21H34N2O3. The van der Waals surface area contributed by atoms with Gasteiger partial charge in [0, 0.05) is 38.5 Å². The van der Waals surface area contributed by atoms with Gasteiger partial charge in [0.15, 0.2) is 0 Å². The number of carbonyl (C=O) groups excluding carboxylic acids is 2. The number of carbonyl (C=O) groups is 2. The molecule has 5 nitrogen and oxygen atoms in total. The second kappa shape index (κ2) is 7.49. The van der Waals surface area contributed by atoms with Gasteiger partial charge in [-0.2, -0.15) is 0 Å². The van der Waals surface area contributed by atoms with Crippen LogP contribution in [-0.4, -0.2) is 59.0 Å². The summed E-state index contributed by atoms with van der Waals surface area (Å²) in [4.78, 5) is 29.0. The molecule has 0 atom stereocenters. The number of hydrogen-bond donors (Lipinski definition) is 1. The predicted octanol–water partition coefficient (Wildman–Crippen LogP) is 2.57. The maximum absolute atomic E-state index is 12.5. The van der Waals surface area contributed by atoms with E-state index in [2.05, 4.69) is 4.90 Å². The molecular weight excluding hydrogens is 328 g/mol. The van der Waals surface area contributed by atoms with Crippen LogP contribution in [0.25, 0.3) is 0 Å². The lowest BCUT2D eigenvalue weighted by atomic mass is 9.65. The van der Waals surface area contributed by atoms with Crippen LogP contribution in [0.3, 0.4) is 0 Å². The highest BCUT2D eigenvalue weighted by Crippen LogP contribution is 2.47. The van der Waals surface area contributed by atoms with E-state index in [1.54, 1.807) is 0 Å². The lowest BCUT2D eigenvalue weighted by molar-refractivity contribution is -0.145. The molecule has 0 aromatic carbocycles. The lowest BCUT2D eigenvalue weighted by Crippen LogP contribution is -2.49. The van der Waals surface area contributed by atoms with Crippen molar-refractivity contribution in [2.45, 2.75) is 76.7 Å². The minimum atomic E-state index is -0.251. The summed E-state index contributed by atoms with van der Waals surface area (Å²) in [6.07, 6.45) is 11.3. The third-order valence-corrected chi connectivity index (χ3v) is 7.69. The van der Waals surface area contributed by atoms with Gasteiger partial charge in [0.25, 0.3) is 0 Å². The van der Waals surface area contributed by atoms with Crippen molar-refractivity contribution in [3.8, 4) is 0 Å². The minimum Gasteiger partial charge on any atom is -0.393 e. The Morgan fingerprint density at radius 1 is 0.885 bits per heavy atom. The fraction of sp³-hybridized carbons (Fsp3) is 0.905. The number of aliphatic hydroxyl groups excluding tert-OH is 1. The highest BCUT2D eigenvalue weighted by Gasteiger charge is 2.42. The van der Waals surface area contributed by atoms with E-state index in [1.165, 1.54) is 38.5 Å². The molecule has 0 unspecified atom stereocenters. The number of likely N-dealkylation sites (tertiary alicyclic amines) is 2. The van der Waals surface area contributed by atoms with E-state index >= 15 is 0 Å². The summed E-state index contributed by atoms with van der Waals surface area (Å²) < 4.78 is 0. The number of piperidine rings is 1. The van der Waals surface area contributed by atoms with Gasteiger partial charge in [-0.3, -0.25) is 9.59 Å². The summed E-state index contributed by atoms with van der Waals surface area (Å²) in [5.41, 5.74) is 0.420. The quantitative estimate of drug-likeness (QED) is 0.839. The molecule has 2 aliphatic heterocycles. The molecule has 2 saturated heterocycles. The highest BCUT2D eigenvalue weighted by molar-refractivity contribution is 5.80. The molecule has 4 fully saturated rings. The third kappa shape index (κ3) is 3.78. The van der Waals surface area contributed by atoms with Gasteiger partial charge in [-0.15, -0.1) is 0 Å². The predicted molar refractivity (Wildman–Crippen MR) is 99.4 cm³/mol. The molecule has 2 amide bonds. The Bertz CT molecular complexity index is 519. The Morgan fingerprint density at radius 2 is 1.50 bits per heavy atom. The lowest BCUT2D eigenvalue weighted by Gasteiger charge is -2.47. The van der Waals surface area contributed by atoms with Crippen LogP contribution in [0.4, 0.5) is 0 Å². The topological polar surface area (TPSA) is 60.9 Å². The number of amides is 2. The Morgan fingerprint density at radius 3 is 2.08 bits per heavy atom. The first kappa shape index (κ1) is 18.3. The van der Waals surface area contributed by atoms with Crippen LogP contribution in [0, 0.1) is 17.3 Å². The zero-order chi connectivity index (χ0) is 18.1. The fourth-order valence-corrected chi connectivity index (χ4v) is 5.59. The van der Waals surface area contributed by atoms with Crippen LogP contribution in [0.2, 0.25) is 0 Å². The zero-order valence-electron chi connectivity index (χ0n) is 16.0. The maximum Gasteiger partial charge on any atom is 0.225 e. The summed E-state index contributed by atoms with van der Waals surface area (Å²) >= 11 is 0. The van der Waals surface area contributed by atoms with Crippen molar-refractivity contribution in [3.63, 3.8) is 0 Å². The van der Waals surface area contributed by atoms with Crippen LogP contribution >= 0.6 is 0 Å². The Hall–Kier alpha value is -1.10. The van der Waals surface area contributed by atoms with Crippen LogP contribution in [0.15, 0.2) is 0 Å². The van der Waals surface area contributed by atoms with Crippen molar-refractivity contribution >= 4 is 11.8 Å². The van der Waals surface area contributed by atoms with E-state index in [0.29, 0.717) is 30.1 Å². The summed E-state index contributed by atoms with van der Waals surface area (Å²) in [6, 6.07) is 0. The highest BCUT2D eigenvalue weighted by atomic mass is 16.3. The molecule has 0 bridgehead atoms. The van der Waals surface area contributed by atoms with Gasteiger partial charge in [-0.25, -0.2) is 0 Å². The Labute approximate surface area is 157 Å². The molecule has 5 heteroatoms. The summed E-state index contributed by atoms with van der Waals surface area (Å²) in [6.45, 7) is 3.72. The smallest absolute Gasteiger partial charge is 0.225 e. The van der Waals surface area contributed by atoms with Crippen LogP contribution in [0.1, 0.15) is 70.6 Å². The molecule has 0 aromatic heterocycles. The molecule has 4 aliphatic rings. The van der Waals surface area contributed by atoms with Gasteiger partial charge in [-0.05, 0) is 75.5 Å². The number of rotatable bonds is 3. The minimum absolute atomic E-state index is 0.0754. The average Bonchev–Trinajstić information content (AvgIpc) is 3.16. The summed E-state index contributed by atoms with van der Waals surface area (Å²) in [7, 11) is 0. The molecule has 4 rings (SSSR count). The normalized spacial score (nSPS) is 31.9. The van der Waals surface area contributed by atoms with Crippen molar-refractivity contribution in [1.29, 1.82) is 0 Å². The molecule has 26 heavy (non-hydrogen) atoms. The van der Waals surface area contributed by atoms with E-state index in [-0.39, 0.29) is 17.9 Å². The van der Waals surface area contributed by atoms with Crippen LogP contribution in [0.5, 0.6) is 0 Å². The molecule has 0 aromatic rings. The summed E-state index contributed by atoms with van der Waals surface area (Å²) in [5.74, 6) is 1.30. The maximum atomic E-state index is 12.5. The van der Waals surface area contributed by atoms with Crippen molar-refractivity contribution in [1.82, 2.24) is 9.80 Å². The van der Waals surface area contributed by atoms with Gasteiger partial charge >= 0.3 is 0 Å². The van der Waals surface area contributed by atoms with Crippen LogP contribution < -0.4 is 0 Å².